The molecule has 102 valence electrons. The minimum atomic E-state index is 0.184. The summed E-state index contributed by atoms with van der Waals surface area (Å²) < 4.78 is 0. The summed E-state index contributed by atoms with van der Waals surface area (Å²) in [6.45, 7) is 2.89. The van der Waals surface area contributed by atoms with Crippen molar-refractivity contribution in [2.75, 3.05) is 25.9 Å². The molecule has 2 aliphatic rings. The first kappa shape index (κ1) is 13.0. The highest BCUT2D eigenvalue weighted by atomic mass is 32.2. The molecule has 2 saturated heterocycles. The standard InChI is InChI=1S/C15H20N2OS/c1-19-13-6-4-11(5-7-13)15(18)17-9-12-3-2-8-16-14(12)10-17/h4-7,12,14,16H,2-3,8-10H2,1H3. The zero-order valence-electron chi connectivity index (χ0n) is 11.3. The normalized spacial score (nSPS) is 26.3. The van der Waals surface area contributed by atoms with E-state index < -0.39 is 0 Å². The average molecular weight is 276 g/mol. The molecule has 19 heavy (non-hydrogen) atoms. The largest absolute Gasteiger partial charge is 0.337 e. The van der Waals surface area contributed by atoms with Crippen LogP contribution < -0.4 is 5.32 Å². The molecule has 2 aliphatic heterocycles. The minimum absolute atomic E-state index is 0.184. The molecule has 0 radical (unpaired) electrons. The lowest BCUT2D eigenvalue weighted by Gasteiger charge is -2.24. The Morgan fingerprint density at radius 2 is 2.11 bits per heavy atom. The number of nitrogens with one attached hydrogen (secondary N) is 1. The second-order valence-corrected chi connectivity index (χ2v) is 6.28. The van der Waals surface area contributed by atoms with E-state index in [2.05, 4.69) is 5.32 Å². The van der Waals surface area contributed by atoms with Crippen molar-refractivity contribution in [3.05, 3.63) is 29.8 Å². The van der Waals surface area contributed by atoms with Crippen LogP contribution in [0.15, 0.2) is 29.2 Å². The zero-order valence-corrected chi connectivity index (χ0v) is 12.1. The molecule has 2 unspecified atom stereocenters. The van der Waals surface area contributed by atoms with Crippen LogP contribution in [0.2, 0.25) is 0 Å². The van der Waals surface area contributed by atoms with Crippen molar-refractivity contribution < 1.29 is 4.79 Å². The summed E-state index contributed by atoms with van der Waals surface area (Å²) in [7, 11) is 0. The number of fused-ring (bicyclic) bond motifs is 1. The first-order valence-corrected chi connectivity index (χ1v) is 8.17. The Balaban J connectivity index is 1.70. The number of rotatable bonds is 2. The fourth-order valence-electron chi connectivity index (χ4n) is 3.13. The molecule has 1 aromatic carbocycles. The Bertz CT molecular complexity index is 446. The van der Waals surface area contributed by atoms with E-state index in [-0.39, 0.29) is 5.91 Å². The molecule has 2 fully saturated rings. The van der Waals surface area contributed by atoms with Gasteiger partial charge < -0.3 is 10.2 Å². The van der Waals surface area contributed by atoms with E-state index in [1.165, 1.54) is 17.7 Å². The van der Waals surface area contributed by atoms with Gasteiger partial charge in [0.15, 0.2) is 0 Å². The molecule has 0 aromatic heterocycles. The van der Waals surface area contributed by atoms with E-state index in [1.54, 1.807) is 11.8 Å². The number of hydrogen-bond donors (Lipinski definition) is 1. The summed E-state index contributed by atoms with van der Waals surface area (Å²) in [4.78, 5) is 15.7. The number of thioether (sulfide) groups is 1. The molecule has 0 bridgehead atoms. The van der Waals surface area contributed by atoms with Gasteiger partial charge in [-0.1, -0.05) is 0 Å². The van der Waals surface area contributed by atoms with E-state index in [4.69, 9.17) is 0 Å². The first-order chi connectivity index (χ1) is 9.28. The maximum Gasteiger partial charge on any atom is 0.253 e. The summed E-state index contributed by atoms with van der Waals surface area (Å²) in [5.74, 6) is 0.840. The molecular formula is C15H20N2OS. The Morgan fingerprint density at radius 1 is 1.32 bits per heavy atom. The second-order valence-electron chi connectivity index (χ2n) is 5.40. The SMILES string of the molecule is CSc1ccc(C(=O)N2CC3CCCNC3C2)cc1. The number of benzene rings is 1. The van der Waals surface area contributed by atoms with Crippen LogP contribution in [-0.2, 0) is 0 Å². The van der Waals surface area contributed by atoms with Gasteiger partial charge in [-0.25, -0.2) is 0 Å². The lowest BCUT2D eigenvalue weighted by molar-refractivity contribution is 0.0785. The van der Waals surface area contributed by atoms with E-state index in [9.17, 15) is 4.79 Å². The summed E-state index contributed by atoms with van der Waals surface area (Å²) in [6.07, 6.45) is 4.55. The van der Waals surface area contributed by atoms with Crippen LogP contribution in [0.3, 0.4) is 0 Å². The van der Waals surface area contributed by atoms with Crippen LogP contribution >= 0.6 is 11.8 Å². The van der Waals surface area contributed by atoms with Crippen molar-refractivity contribution in [2.45, 2.75) is 23.8 Å². The molecule has 3 rings (SSSR count). The molecule has 1 aromatic rings. The third-order valence-corrected chi connectivity index (χ3v) is 4.97. The summed E-state index contributed by atoms with van der Waals surface area (Å²) in [6, 6.07) is 8.47. The lowest BCUT2D eigenvalue weighted by Crippen LogP contribution is -2.41. The van der Waals surface area contributed by atoms with Gasteiger partial charge in [0.25, 0.3) is 5.91 Å². The van der Waals surface area contributed by atoms with Gasteiger partial charge in [-0.3, -0.25) is 4.79 Å². The maximum absolute atomic E-state index is 12.5. The molecule has 3 nitrogen and oxygen atoms in total. The van der Waals surface area contributed by atoms with Gasteiger partial charge in [0.2, 0.25) is 0 Å². The lowest BCUT2D eigenvalue weighted by atomic mass is 9.94. The number of piperidine rings is 1. The van der Waals surface area contributed by atoms with Crippen LogP contribution in [-0.4, -0.2) is 42.7 Å². The van der Waals surface area contributed by atoms with E-state index in [1.807, 2.05) is 35.4 Å². The summed E-state index contributed by atoms with van der Waals surface area (Å²) in [5, 5.41) is 3.54. The predicted octanol–water partition coefficient (Wildman–Crippen LogP) is 2.23. The molecule has 1 N–H and O–H groups in total. The highest BCUT2D eigenvalue weighted by molar-refractivity contribution is 7.98. The topological polar surface area (TPSA) is 32.3 Å². The van der Waals surface area contributed by atoms with Crippen molar-refractivity contribution in [2.24, 2.45) is 5.92 Å². The third kappa shape index (κ3) is 2.65. The molecule has 2 atom stereocenters. The van der Waals surface area contributed by atoms with E-state index in [0.717, 1.165) is 25.2 Å². The van der Waals surface area contributed by atoms with Gasteiger partial charge in [0, 0.05) is 29.6 Å². The van der Waals surface area contributed by atoms with Gasteiger partial charge in [-0.15, -0.1) is 11.8 Å². The van der Waals surface area contributed by atoms with Crippen molar-refractivity contribution in [1.82, 2.24) is 10.2 Å². The van der Waals surface area contributed by atoms with Crippen LogP contribution in [0.4, 0.5) is 0 Å². The highest BCUT2D eigenvalue weighted by Crippen LogP contribution is 2.26. The predicted molar refractivity (Wildman–Crippen MR) is 78.6 cm³/mol. The molecule has 2 heterocycles. The van der Waals surface area contributed by atoms with Gasteiger partial charge in [-0.05, 0) is 55.8 Å². The smallest absolute Gasteiger partial charge is 0.253 e. The first-order valence-electron chi connectivity index (χ1n) is 6.94. The van der Waals surface area contributed by atoms with E-state index >= 15 is 0 Å². The summed E-state index contributed by atoms with van der Waals surface area (Å²) in [5.41, 5.74) is 0.816. The van der Waals surface area contributed by atoms with Crippen molar-refractivity contribution >= 4 is 17.7 Å². The fraction of sp³-hybridized carbons (Fsp3) is 0.533. The molecule has 0 aliphatic carbocycles. The quantitative estimate of drug-likeness (QED) is 0.841. The molecule has 0 saturated carbocycles. The fourth-order valence-corrected chi connectivity index (χ4v) is 3.54. The Labute approximate surface area is 118 Å². The Kier molecular flexibility index (Phi) is 3.80. The zero-order chi connectivity index (χ0) is 13.2. The summed E-state index contributed by atoms with van der Waals surface area (Å²) >= 11 is 1.70. The van der Waals surface area contributed by atoms with Crippen LogP contribution in [0, 0.1) is 5.92 Å². The minimum Gasteiger partial charge on any atom is -0.337 e. The Morgan fingerprint density at radius 3 is 2.79 bits per heavy atom. The van der Waals surface area contributed by atoms with Crippen molar-refractivity contribution in [3.8, 4) is 0 Å². The monoisotopic (exact) mass is 276 g/mol. The second kappa shape index (κ2) is 5.55. The van der Waals surface area contributed by atoms with Gasteiger partial charge in [0.05, 0.1) is 0 Å². The number of likely N-dealkylation sites (tertiary alicyclic amines) is 1. The molecule has 1 amide bonds. The Hall–Kier alpha value is -1.00. The number of carbonyl (C=O) groups is 1. The highest BCUT2D eigenvalue weighted by Gasteiger charge is 2.36. The van der Waals surface area contributed by atoms with E-state index in [0.29, 0.717) is 12.0 Å². The molecular weight excluding hydrogens is 256 g/mol. The average Bonchev–Trinajstić information content (AvgIpc) is 2.90. The van der Waals surface area contributed by atoms with Gasteiger partial charge in [0.1, 0.15) is 0 Å². The van der Waals surface area contributed by atoms with Crippen LogP contribution in [0.1, 0.15) is 23.2 Å². The number of amides is 1. The molecule has 0 spiro atoms. The van der Waals surface area contributed by atoms with Crippen molar-refractivity contribution in [1.29, 1.82) is 0 Å². The van der Waals surface area contributed by atoms with Crippen molar-refractivity contribution in [3.63, 3.8) is 0 Å². The van der Waals surface area contributed by atoms with Crippen LogP contribution in [0.5, 0.6) is 0 Å². The number of carbonyl (C=O) groups excluding carboxylic acids is 1. The van der Waals surface area contributed by atoms with Gasteiger partial charge in [-0.2, -0.15) is 0 Å². The third-order valence-electron chi connectivity index (χ3n) is 4.22. The van der Waals surface area contributed by atoms with Gasteiger partial charge >= 0.3 is 0 Å². The molecule has 4 heteroatoms. The number of hydrogen-bond acceptors (Lipinski definition) is 3. The number of nitrogens with zero attached hydrogens (tertiary/aromatic N) is 1. The van der Waals surface area contributed by atoms with Crippen LogP contribution in [0.25, 0.3) is 0 Å². The maximum atomic E-state index is 12.5.